The molecule has 0 spiro atoms. The average molecular weight is 339 g/mol. The van der Waals surface area contributed by atoms with E-state index in [2.05, 4.69) is 27.7 Å². The summed E-state index contributed by atoms with van der Waals surface area (Å²) in [6, 6.07) is 0. The van der Waals surface area contributed by atoms with Crippen LogP contribution in [0.3, 0.4) is 0 Å². The largest absolute Gasteiger partial charge is 0.393 e. The van der Waals surface area contributed by atoms with Gasteiger partial charge in [-0.3, -0.25) is 0 Å². The molecule has 2 aliphatic rings. The van der Waals surface area contributed by atoms with E-state index in [9.17, 15) is 10.2 Å². The molecule has 2 fully saturated rings. The number of aliphatic hydroxyl groups is 2. The first-order chi connectivity index (χ1) is 11.4. The first-order valence-corrected chi connectivity index (χ1v) is 10.8. The smallest absolute Gasteiger partial charge is 0.0566 e. The van der Waals surface area contributed by atoms with Gasteiger partial charge >= 0.3 is 0 Å². The molecule has 24 heavy (non-hydrogen) atoms. The third kappa shape index (κ3) is 4.36. The highest BCUT2D eigenvalue weighted by Gasteiger charge is 2.47. The fourth-order valence-corrected chi connectivity index (χ4v) is 6.05. The Morgan fingerprint density at radius 3 is 1.62 bits per heavy atom. The van der Waals surface area contributed by atoms with Crippen molar-refractivity contribution in [3.8, 4) is 0 Å². The summed E-state index contributed by atoms with van der Waals surface area (Å²) in [5.74, 6) is 2.45. The van der Waals surface area contributed by atoms with Gasteiger partial charge in [-0.15, -0.1) is 0 Å². The molecule has 2 heteroatoms. The van der Waals surface area contributed by atoms with Crippen molar-refractivity contribution < 1.29 is 10.2 Å². The Kier molecular flexibility index (Phi) is 7.61. The van der Waals surface area contributed by atoms with Crippen LogP contribution in [0.2, 0.25) is 0 Å². The lowest BCUT2D eigenvalue weighted by Crippen LogP contribution is -2.45. The molecule has 2 N–H and O–H groups in total. The topological polar surface area (TPSA) is 40.5 Å². The summed E-state index contributed by atoms with van der Waals surface area (Å²) in [6.45, 7) is 9.17. The Morgan fingerprint density at radius 2 is 1.25 bits per heavy atom. The van der Waals surface area contributed by atoms with Gasteiger partial charge in [-0.2, -0.15) is 0 Å². The van der Waals surface area contributed by atoms with Crippen molar-refractivity contribution in [1.82, 2.24) is 0 Å². The fraction of sp³-hybridized carbons (Fsp3) is 1.00. The molecule has 0 bridgehead atoms. The molecule has 0 heterocycles. The van der Waals surface area contributed by atoms with Crippen LogP contribution in [0.15, 0.2) is 0 Å². The Hall–Kier alpha value is -0.0800. The Balaban J connectivity index is 2.25. The SMILES string of the molecule is CCCCC(CCC)(C1CCC(O)C(C)C1)C1CCC(O)C(C)C1. The lowest BCUT2D eigenvalue weighted by molar-refractivity contribution is -0.0619. The molecule has 2 nitrogen and oxygen atoms in total. The lowest BCUT2D eigenvalue weighted by Gasteiger charge is -2.53. The molecule has 0 saturated heterocycles. The van der Waals surface area contributed by atoms with Crippen molar-refractivity contribution in [2.45, 2.75) is 111 Å². The average Bonchev–Trinajstić information content (AvgIpc) is 2.56. The maximum Gasteiger partial charge on any atom is 0.0566 e. The third-order valence-electron chi connectivity index (χ3n) is 7.59. The molecule has 2 rings (SSSR count). The van der Waals surface area contributed by atoms with E-state index in [0.29, 0.717) is 17.3 Å². The van der Waals surface area contributed by atoms with Gasteiger partial charge in [0.2, 0.25) is 0 Å². The van der Waals surface area contributed by atoms with Crippen molar-refractivity contribution in [1.29, 1.82) is 0 Å². The van der Waals surface area contributed by atoms with Crippen LogP contribution >= 0.6 is 0 Å². The van der Waals surface area contributed by atoms with Crippen LogP contribution in [-0.2, 0) is 0 Å². The van der Waals surface area contributed by atoms with Crippen LogP contribution in [0.25, 0.3) is 0 Å². The zero-order chi connectivity index (χ0) is 17.7. The molecule has 0 amide bonds. The summed E-state index contributed by atoms with van der Waals surface area (Å²) in [6.07, 6.45) is 13.2. The lowest BCUT2D eigenvalue weighted by atomic mass is 9.53. The molecular weight excluding hydrogens is 296 g/mol. The molecule has 6 unspecified atom stereocenters. The molecule has 0 aromatic carbocycles. The second-order valence-corrected chi connectivity index (χ2v) is 9.20. The van der Waals surface area contributed by atoms with Gasteiger partial charge in [-0.25, -0.2) is 0 Å². The summed E-state index contributed by atoms with van der Waals surface area (Å²) in [5.41, 5.74) is 0.452. The van der Waals surface area contributed by atoms with Crippen LogP contribution in [-0.4, -0.2) is 22.4 Å². The van der Waals surface area contributed by atoms with E-state index in [4.69, 9.17) is 0 Å². The van der Waals surface area contributed by atoms with Crippen molar-refractivity contribution in [2.24, 2.45) is 29.1 Å². The number of unbranched alkanes of at least 4 members (excludes halogenated alkanes) is 1. The summed E-state index contributed by atoms with van der Waals surface area (Å²) in [7, 11) is 0. The summed E-state index contributed by atoms with van der Waals surface area (Å²) in [5, 5.41) is 20.4. The van der Waals surface area contributed by atoms with Crippen LogP contribution in [0.1, 0.15) is 98.3 Å². The standard InChI is InChI=1S/C22H42O2/c1-5-7-13-22(12-6-2,18-8-10-20(23)16(3)14-18)19-9-11-21(24)17(4)15-19/h16-21,23-24H,5-15H2,1-4H3. The van der Waals surface area contributed by atoms with Crippen LogP contribution in [0.5, 0.6) is 0 Å². The number of rotatable bonds is 7. The number of hydrogen-bond acceptors (Lipinski definition) is 2. The molecule has 0 radical (unpaired) electrons. The van der Waals surface area contributed by atoms with Crippen LogP contribution < -0.4 is 0 Å². The van der Waals surface area contributed by atoms with Crippen molar-refractivity contribution in [2.75, 3.05) is 0 Å². The van der Waals surface area contributed by atoms with Crippen molar-refractivity contribution >= 4 is 0 Å². The highest BCUT2D eigenvalue weighted by atomic mass is 16.3. The van der Waals surface area contributed by atoms with Gasteiger partial charge in [0.1, 0.15) is 0 Å². The minimum atomic E-state index is -0.0844. The summed E-state index contributed by atoms with van der Waals surface area (Å²) in [4.78, 5) is 0. The molecule has 2 saturated carbocycles. The first kappa shape index (κ1) is 20.2. The highest BCUT2D eigenvalue weighted by Crippen LogP contribution is 2.55. The number of hydrogen-bond donors (Lipinski definition) is 2. The van der Waals surface area contributed by atoms with Crippen molar-refractivity contribution in [3.05, 3.63) is 0 Å². The van der Waals surface area contributed by atoms with Gasteiger partial charge in [0, 0.05) is 0 Å². The van der Waals surface area contributed by atoms with E-state index >= 15 is 0 Å². The monoisotopic (exact) mass is 338 g/mol. The zero-order valence-electron chi connectivity index (χ0n) is 16.6. The number of aliphatic hydroxyl groups excluding tert-OH is 2. The molecule has 0 aromatic heterocycles. The van der Waals surface area contributed by atoms with E-state index in [1.807, 2.05) is 0 Å². The van der Waals surface area contributed by atoms with E-state index in [0.717, 1.165) is 24.7 Å². The van der Waals surface area contributed by atoms with Gasteiger partial charge < -0.3 is 10.2 Å². The minimum absolute atomic E-state index is 0.0844. The van der Waals surface area contributed by atoms with Gasteiger partial charge in [0.05, 0.1) is 12.2 Å². The predicted octanol–water partition coefficient (Wildman–Crippen LogP) is 5.56. The Morgan fingerprint density at radius 1 is 0.750 bits per heavy atom. The summed E-state index contributed by atoms with van der Waals surface area (Å²) < 4.78 is 0. The molecule has 0 aromatic rings. The van der Waals surface area contributed by atoms with Gasteiger partial charge in [0.25, 0.3) is 0 Å². The second-order valence-electron chi connectivity index (χ2n) is 9.20. The summed E-state index contributed by atoms with van der Waals surface area (Å²) >= 11 is 0. The van der Waals surface area contributed by atoms with E-state index in [1.165, 1.54) is 57.8 Å². The normalized spacial score (nSPS) is 40.2. The minimum Gasteiger partial charge on any atom is -0.393 e. The highest BCUT2D eigenvalue weighted by molar-refractivity contribution is 4.97. The predicted molar refractivity (Wildman–Crippen MR) is 102 cm³/mol. The quantitative estimate of drug-likeness (QED) is 0.638. The van der Waals surface area contributed by atoms with E-state index in [-0.39, 0.29) is 12.2 Å². The zero-order valence-corrected chi connectivity index (χ0v) is 16.6. The van der Waals surface area contributed by atoms with Crippen LogP contribution in [0, 0.1) is 29.1 Å². The molecular formula is C22H42O2. The van der Waals surface area contributed by atoms with Gasteiger partial charge in [-0.1, -0.05) is 47.0 Å². The van der Waals surface area contributed by atoms with Gasteiger partial charge in [0.15, 0.2) is 0 Å². The maximum absolute atomic E-state index is 10.2. The molecule has 6 atom stereocenters. The van der Waals surface area contributed by atoms with Crippen LogP contribution in [0.4, 0.5) is 0 Å². The van der Waals surface area contributed by atoms with Crippen molar-refractivity contribution in [3.63, 3.8) is 0 Å². The first-order valence-electron chi connectivity index (χ1n) is 10.8. The van der Waals surface area contributed by atoms with E-state index in [1.54, 1.807) is 0 Å². The third-order valence-corrected chi connectivity index (χ3v) is 7.59. The molecule has 0 aliphatic heterocycles. The fourth-order valence-electron chi connectivity index (χ4n) is 6.05. The Labute approximate surface area is 150 Å². The second kappa shape index (κ2) is 9.03. The Bertz CT molecular complexity index is 341. The molecule has 142 valence electrons. The van der Waals surface area contributed by atoms with Gasteiger partial charge in [-0.05, 0) is 80.5 Å². The molecule has 2 aliphatic carbocycles. The van der Waals surface area contributed by atoms with E-state index < -0.39 is 0 Å². The maximum atomic E-state index is 10.2.